The minimum Gasteiger partial charge on any atom is -0.325 e. The van der Waals surface area contributed by atoms with Gasteiger partial charge in [-0.3, -0.25) is 9.36 Å². The van der Waals surface area contributed by atoms with Crippen LogP contribution in [0.4, 0.5) is 14.5 Å². The first-order valence-electron chi connectivity index (χ1n) is 10.9. The molecule has 34 heavy (non-hydrogen) atoms. The third-order valence-corrected chi connectivity index (χ3v) is 6.45. The van der Waals surface area contributed by atoms with Crippen LogP contribution in [0.15, 0.2) is 78.0 Å². The Kier molecular flexibility index (Phi) is 7.37. The van der Waals surface area contributed by atoms with Crippen LogP contribution in [-0.2, 0) is 4.79 Å². The zero-order chi connectivity index (χ0) is 24.1. The van der Waals surface area contributed by atoms with Gasteiger partial charge in [-0.2, -0.15) is 0 Å². The number of hydrogen-bond acceptors (Lipinski definition) is 4. The van der Waals surface area contributed by atoms with Crippen LogP contribution in [0.2, 0.25) is 0 Å². The number of nitrogens with zero attached hydrogens (tertiary/aromatic N) is 3. The third-order valence-electron chi connectivity index (χ3n) is 5.52. The van der Waals surface area contributed by atoms with E-state index < -0.39 is 11.6 Å². The zero-order valence-electron chi connectivity index (χ0n) is 18.8. The van der Waals surface area contributed by atoms with Crippen LogP contribution < -0.4 is 5.32 Å². The summed E-state index contributed by atoms with van der Waals surface area (Å²) in [5.74, 6) is -0.750. The third kappa shape index (κ3) is 5.34. The molecule has 0 aliphatic carbocycles. The van der Waals surface area contributed by atoms with Crippen LogP contribution in [0.25, 0.3) is 17.1 Å². The van der Waals surface area contributed by atoms with Crippen LogP contribution in [0.5, 0.6) is 0 Å². The second kappa shape index (κ2) is 10.6. The zero-order valence-corrected chi connectivity index (χ0v) is 19.7. The quantitative estimate of drug-likeness (QED) is 0.295. The number of rotatable bonds is 8. The largest absolute Gasteiger partial charge is 0.325 e. The van der Waals surface area contributed by atoms with Gasteiger partial charge in [0.25, 0.3) is 0 Å². The molecule has 1 atom stereocenters. The fraction of sp³-hybridized carbons (Fsp3) is 0.192. The van der Waals surface area contributed by atoms with Gasteiger partial charge in [0.2, 0.25) is 5.91 Å². The number of halogens is 2. The lowest BCUT2D eigenvalue weighted by atomic mass is 9.99. The molecule has 1 unspecified atom stereocenters. The Labute approximate surface area is 201 Å². The Morgan fingerprint density at radius 1 is 1.03 bits per heavy atom. The number of benzene rings is 3. The molecule has 174 valence electrons. The first kappa shape index (κ1) is 23.6. The molecule has 0 aliphatic heterocycles. The summed E-state index contributed by atoms with van der Waals surface area (Å²) in [5, 5.41) is 11.6. The summed E-state index contributed by atoms with van der Waals surface area (Å²) >= 11 is 1.13. The maximum Gasteiger partial charge on any atom is 0.234 e. The van der Waals surface area contributed by atoms with E-state index in [1.807, 2.05) is 54.6 Å². The van der Waals surface area contributed by atoms with Crippen molar-refractivity contribution in [1.29, 1.82) is 0 Å². The first-order chi connectivity index (χ1) is 16.5. The van der Waals surface area contributed by atoms with Gasteiger partial charge in [0, 0.05) is 17.3 Å². The molecule has 0 saturated heterocycles. The molecule has 1 aromatic heterocycles. The highest BCUT2D eigenvalue weighted by molar-refractivity contribution is 7.99. The summed E-state index contributed by atoms with van der Waals surface area (Å²) in [6, 6.07) is 20.3. The Morgan fingerprint density at radius 3 is 2.44 bits per heavy atom. The van der Waals surface area contributed by atoms with E-state index in [2.05, 4.69) is 29.4 Å². The van der Waals surface area contributed by atoms with Crippen LogP contribution >= 0.6 is 11.8 Å². The molecule has 0 radical (unpaired) electrons. The smallest absolute Gasteiger partial charge is 0.234 e. The minimum absolute atomic E-state index is 0.0445. The predicted molar refractivity (Wildman–Crippen MR) is 131 cm³/mol. The molecule has 0 fully saturated rings. The molecule has 4 aromatic rings. The summed E-state index contributed by atoms with van der Waals surface area (Å²) in [5.41, 5.74) is 2.75. The number of nitrogens with one attached hydrogen (secondary N) is 1. The van der Waals surface area contributed by atoms with Gasteiger partial charge < -0.3 is 5.32 Å². The lowest BCUT2D eigenvalue weighted by Crippen LogP contribution is -2.14. The number of hydrogen-bond donors (Lipinski definition) is 1. The molecule has 1 amide bonds. The molecule has 0 saturated carbocycles. The second-order valence-electron chi connectivity index (χ2n) is 7.87. The minimum atomic E-state index is -0.746. The van der Waals surface area contributed by atoms with Crippen LogP contribution in [-0.4, -0.2) is 26.4 Å². The van der Waals surface area contributed by atoms with Gasteiger partial charge in [-0.1, -0.05) is 68.1 Å². The molecule has 8 heteroatoms. The van der Waals surface area contributed by atoms with Crippen molar-refractivity contribution >= 4 is 23.4 Å². The van der Waals surface area contributed by atoms with Gasteiger partial charge in [-0.25, -0.2) is 8.78 Å². The molecule has 0 bridgehead atoms. The van der Waals surface area contributed by atoms with Gasteiger partial charge in [0.15, 0.2) is 11.0 Å². The van der Waals surface area contributed by atoms with Gasteiger partial charge in [0.1, 0.15) is 11.6 Å². The topological polar surface area (TPSA) is 59.8 Å². The molecule has 0 spiro atoms. The Bertz CT molecular complexity index is 1280. The van der Waals surface area contributed by atoms with Gasteiger partial charge in [0.05, 0.1) is 11.4 Å². The standard InChI is InChI=1S/C26H24F2N4OS/c1-3-17(2)18-9-12-21(13-10-18)29-24(33)16-34-26-31-30-25(19-7-5-4-6-8-19)32(26)23-14-11-20(27)15-22(23)28/h4-15,17H,3,16H2,1-2H3,(H,29,33). The van der Waals surface area contributed by atoms with E-state index in [0.29, 0.717) is 22.6 Å². The highest BCUT2D eigenvalue weighted by Crippen LogP contribution is 2.29. The summed E-state index contributed by atoms with van der Waals surface area (Å²) in [6.07, 6.45) is 1.04. The van der Waals surface area contributed by atoms with Crippen molar-refractivity contribution in [2.24, 2.45) is 0 Å². The summed E-state index contributed by atoms with van der Waals surface area (Å²) in [4.78, 5) is 12.6. The lowest BCUT2D eigenvalue weighted by molar-refractivity contribution is -0.113. The van der Waals surface area contributed by atoms with Crippen molar-refractivity contribution in [2.45, 2.75) is 31.3 Å². The maximum atomic E-state index is 14.7. The molecule has 1 heterocycles. The average molecular weight is 479 g/mol. The van der Waals surface area contributed by atoms with Gasteiger partial charge >= 0.3 is 0 Å². The number of aromatic nitrogens is 3. The highest BCUT2D eigenvalue weighted by Gasteiger charge is 2.20. The number of carbonyl (C=O) groups is 1. The Balaban J connectivity index is 1.55. The molecule has 1 N–H and O–H groups in total. The predicted octanol–water partition coefficient (Wildman–Crippen LogP) is 6.46. The maximum absolute atomic E-state index is 14.7. The first-order valence-corrected chi connectivity index (χ1v) is 11.9. The van der Waals surface area contributed by atoms with E-state index in [1.165, 1.54) is 22.3 Å². The fourth-order valence-electron chi connectivity index (χ4n) is 3.48. The number of amides is 1. The van der Waals surface area contributed by atoms with E-state index in [4.69, 9.17) is 0 Å². The molecule has 4 rings (SSSR count). The van der Waals surface area contributed by atoms with Crippen LogP contribution in [0, 0.1) is 11.6 Å². The molecule has 5 nitrogen and oxygen atoms in total. The number of thioether (sulfide) groups is 1. The monoisotopic (exact) mass is 478 g/mol. The van der Waals surface area contributed by atoms with Crippen molar-refractivity contribution in [3.8, 4) is 17.1 Å². The van der Waals surface area contributed by atoms with Crippen molar-refractivity contribution < 1.29 is 13.6 Å². The normalized spacial score (nSPS) is 11.9. The molecular formula is C26H24F2N4OS. The van der Waals surface area contributed by atoms with Crippen molar-refractivity contribution in [3.63, 3.8) is 0 Å². The van der Waals surface area contributed by atoms with Gasteiger partial charge in [-0.15, -0.1) is 10.2 Å². The Hall–Kier alpha value is -3.52. The Morgan fingerprint density at radius 2 is 1.76 bits per heavy atom. The fourth-order valence-corrected chi connectivity index (χ4v) is 4.22. The van der Waals surface area contributed by atoms with Gasteiger partial charge in [-0.05, 0) is 42.2 Å². The number of anilines is 1. The average Bonchev–Trinajstić information content (AvgIpc) is 3.27. The van der Waals surface area contributed by atoms with E-state index in [-0.39, 0.29) is 17.3 Å². The highest BCUT2D eigenvalue weighted by atomic mass is 32.2. The van der Waals surface area contributed by atoms with Crippen molar-refractivity contribution in [1.82, 2.24) is 14.8 Å². The molecular weight excluding hydrogens is 454 g/mol. The SMILES string of the molecule is CCC(C)c1ccc(NC(=O)CSc2nnc(-c3ccccc3)n2-c2ccc(F)cc2F)cc1. The molecule has 0 aliphatic rings. The lowest BCUT2D eigenvalue weighted by Gasteiger charge is -2.12. The van der Waals surface area contributed by atoms with Crippen molar-refractivity contribution in [2.75, 3.05) is 11.1 Å². The molecule has 3 aromatic carbocycles. The van der Waals surface area contributed by atoms with Crippen LogP contribution in [0.3, 0.4) is 0 Å². The van der Waals surface area contributed by atoms with E-state index in [0.717, 1.165) is 29.8 Å². The van der Waals surface area contributed by atoms with E-state index >= 15 is 0 Å². The van der Waals surface area contributed by atoms with Crippen LogP contribution in [0.1, 0.15) is 31.7 Å². The van der Waals surface area contributed by atoms with E-state index in [1.54, 1.807) is 0 Å². The van der Waals surface area contributed by atoms with E-state index in [9.17, 15) is 13.6 Å². The second-order valence-corrected chi connectivity index (χ2v) is 8.81. The summed E-state index contributed by atoms with van der Waals surface area (Å²) in [6.45, 7) is 4.30. The van der Waals surface area contributed by atoms with Crippen molar-refractivity contribution in [3.05, 3.63) is 90.0 Å². The summed E-state index contributed by atoms with van der Waals surface area (Å²) < 4.78 is 29.7. The summed E-state index contributed by atoms with van der Waals surface area (Å²) in [7, 11) is 0. The number of carbonyl (C=O) groups excluding carboxylic acids is 1.